The van der Waals surface area contributed by atoms with Crippen LogP contribution >= 0.6 is 0 Å². The van der Waals surface area contributed by atoms with Crippen LogP contribution in [0.3, 0.4) is 0 Å². The number of rotatable bonds is 4. The smallest absolute Gasteiger partial charge is 0.0948 e. The molecule has 1 aliphatic carbocycles. The van der Waals surface area contributed by atoms with E-state index < -0.39 is 0 Å². The minimum atomic E-state index is 0.713. The SMILES string of the molecule is CCC[C@H](C1CCCC1)n1ccnc1. The van der Waals surface area contributed by atoms with E-state index in [-0.39, 0.29) is 0 Å². The van der Waals surface area contributed by atoms with Gasteiger partial charge < -0.3 is 4.57 Å². The number of hydrogen-bond acceptors (Lipinski definition) is 1. The van der Waals surface area contributed by atoms with Crippen LogP contribution < -0.4 is 0 Å². The molecule has 0 amide bonds. The van der Waals surface area contributed by atoms with Gasteiger partial charge in [-0.25, -0.2) is 4.98 Å². The molecule has 1 saturated carbocycles. The van der Waals surface area contributed by atoms with E-state index in [0.717, 1.165) is 5.92 Å². The topological polar surface area (TPSA) is 17.8 Å². The van der Waals surface area contributed by atoms with E-state index in [4.69, 9.17) is 0 Å². The molecule has 1 aromatic heterocycles. The zero-order valence-corrected chi connectivity index (χ0v) is 9.02. The summed E-state index contributed by atoms with van der Waals surface area (Å²) in [7, 11) is 0. The molecule has 0 radical (unpaired) electrons. The van der Waals surface area contributed by atoms with E-state index in [0.29, 0.717) is 6.04 Å². The lowest BCUT2D eigenvalue weighted by atomic mass is 9.94. The first-order valence-electron chi connectivity index (χ1n) is 5.89. The molecule has 0 spiro atoms. The van der Waals surface area contributed by atoms with Crippen molar-refractivity contribution in [1.82, 2.24) is 9.55 Å². The van der Waals surface area contributed by atoms with Crippen LogP contribution in [-0.4, -0.2) is 9.55 Å². The molecular weight excluding hydrogens is 172 g/mol. The van der Waals surface area contributed by atoms with E-state index in [1.165, 1.54) is 38.5 Å². The van der Waals surface area contributed by atoms with Crippen LogP contribution in [0.25, 0.3) is 0 Å². The molecular formula is C12H20N2. The summed E-state index contributed by atoms with van der Waals surface area (Å²) in [5.41, 5.74) is 0. The number of nitrogens with zero attached hydrogens (tertiary/aromatic N) is 2. The van der Waals surface area contributed by atoms with E-state index >= 15 is 0 Å². The first-order chi connectivity index (χ1) is 6.92. The molecule has 0 N–H and O–H groups in total. The Balaban J connectivity index is 2.06. The Morgan fingerprint density at radius 2 is 2.21 bits per heavy atom. The van der Waals surface area contributed by atoms with Crippen molar-refractivity contribution in [2.24, 2.45) is 5.92 Å². The third-order valence-electron chi connectivity index (χ3n) is 3.44. The van der Waals surface area contributed by atoms with Crippen LogP contribution in [0.1, 0.15) is 51.5 Å². The highest BCUT2D eigenvalue weighted by Gasteiger charge is 2.24. The molecule has 0 unspecified atom stereocenters. The van der Waals surface area contributed by atoms with Crippen LogP contribution in [-0.2, 0) is 0 Å². The van der Waals surface area contributed by atoms with Crippen molar-refractivity contribution in [3.63, 3.8) is 0 Å². The molecule has 1 aromatic rings. The highest BCUT2D eigenvalue weighted by atomic mass is 15.1. The van der Waals surface area contributed by atoms with Crippen molar-refractivity contribution in [3.8, 4) is 0 Å². The van der Waals surface area contributed by atoms with Gasteiger partial charge in [0, 0.05) is 18.4 Å². The Bertz CT molecular complexity index is 247. The second-order valence-electron chi connectivity index (χ2n) is 4.41. The minimum Gasteiger partial charge on any atom is -0.334 e. The van der Waals surface area contributed by atoms with Crippen LogP contribution in [0.4, 0.5) is 0 Å². The van der Waals surface area contributed by atoms with Gasteiger partial charge in [0.1, 0.15) is 0 Å². The lowest BCUT2D eigenvalue weighted by Crippen LogP contribution is -2.15. The van der Waals surface area contributed by atoms with Crippen molar-refractivity contribution in [3.05, 3.63) is 18.7 Å². The predicted molar refractivity (Wildman–Crippen MR) is 58.1 cm³/mol. The van der Waals surface area contributed by atoms with Crippen LogP contribution in [0.2, 0.25) is 0 Å². The summed E-state index contributed by atoms with van der Waals surface area (Å²) in [5.74, 6) is 0.907. The quantitative estimate of drug-likeness (QED) is 0.714. The van der Waals surface area contributed by atoms with Gasteiger partial charge in [-0.15, -0.1) is 0 Å². The molecule has 78 valence electrons. The largest absolute Gasteiger partial charge is 0.334 e. The number of hydrogen-bond donors (Lipinski definition) is 0. The molecule has 0 aromatic carbocycles. The second kappa shape index (κ2) is 4.63. The monoisotopic (exact) mass is 192 g/mol. The van der Waals surface area contributed by atoms with Gasteiger partial charge in [0.2, 0.25) is 0 Å². The molecule has 2 nitrogen and oxygen atoms in total. The Morgan fingerprint density at radius 1 is 1.43 bits per heavy atom. The summed E-state index contributed by atoms with van der Waals surface area (Å²) in [6, 6.07) is 0.713. The maximum Gasteiger partial charge on any atom is 0.0948 e. The summed E-state index contributed by atoms with van der Waals surface area (Å²) in [5, 5.41) is 0. The Hall–Kier alpha value is -0.790. The summed E-state index contributed by atoms with van der Waals surface area (Å²) < 4.78 is 2.32. The average molecular weight is 192 g/mol. The standard InChI is InChI=1S/C12H20N2/c1-2-5-12(11-6-3-4-7-11)14-9-8-13-10-14/h8-12H,2-7H2,1H3/t12-/m1/s1. The van der Waals surface area contributed by atoms with E-state index in [1.54, 1.807) is 0 Å². The van der Waals surface area contributed by atoms with Gasteiger partial charge in [0.15, 0.2) is 0 Å². The molecule has 0 bridgehead atoms. The van der Waals surface area contributed by atoms with E-state index in [1.807, 2.05) is 12.5 Å². The van der Waals surface area contributed by atoms with Crippen molar-refractivity contribution in [1.29, 1.82) is 0 Å². The maximum atomic E-state index is 4.16. The lowest BCUT2D eigenvalue weighted by molar-refractivity contribution is 0.313. The summed E-state index contributed by atoms with van der Waals surface area (Å²) in [6.45, 7) is 2.28. The molecule has 2 rings (SSSR count). The molecule has 0 aliphatic heterocycles. The summed E-state index contributed by atoms with van der Waals surface area (Å²) >= 11 is 0. The first kappa shape index (κ1) is 9.75. The molecule has 1 aliphatic rings. The van der Waals surface area contributed by atoms with Gasteiger partial charge in [-0.05, 0) is 25.2 Å². The van der Waals surface area contributed by atoms with Crippen LogP contribution in [0.5, 0.6) is 0 Å². The second-order valence-corrected chi connectivity index (χ2v) is 4.41. The zero-order chi connectivity index (χ0) is 9.80. The van der Waals surface area contributed by atoms with Gasteiger partial charge in [-0.3, -0.25) is 0 Å². The maximum absolute atomic E-state index is 4.16. The highest BCUT2D eigenvalue weighted by Crippen LogP contribution is 2.36. The third-order valence-corrected chi connectivity index (χ3v) is 3.44. The van der Waals surface area contributed by atoms with Crippen molar-refractivity contribution < 1.29 is 0 Å². The van der Waals surface area contributed by atoms with E-state index in [2.05, 4.69) is 22.7 Å². The fourth-order valence-corrected chi connectivity index (χ4v) is 2.73. The van der Waals surface area contributed by atoms with Gasteiger partial charge in [0.25, 0.3) is 0 Å². The van der Waals surface area contributed by atoms with Gasteiger partial charge in [0.05, 0.1) is 6.33 Å². The molecule has 1 fully saturated rings. The van der Waals surface area contributed by atoms with Gasteiger partial charge in [-0.2, -0.15) is 0 Å². The average Bonchev–Trinajstić information content (AvgIpc) is 2.87. The fraction of sp³-hybridized carbons (Fsp3) is 0.750. The van der Waals surface area contributed by atoms with E-state index in [9.17, 15) is 0 Å². The Labute approximate surface area is 86.3 Å². The van der Waals surface area contributed by atoms with Crippen LogP contribution in [0, 0.1) is 5.92 Å². The lowest BCUT2D eigenvalue weighted by Gasteiger charge is -2.24. The third kappa shape index (κ3) is 1.99. The zero-order valence-electron chi connectivity index (χ0n) is 9.02. The van der Waals surface area contributed by atoms with Crippen molar-refractivity contribution in [2.75, 3.05) is 0 Å². The summed E-state index contributed by atoms with van der Waals surface area (Å²) in [6.07, 6.45) is 14.3. The van der Waals surface area contributed by atoms with Crippen LogP contribution in [0.15, 0.2) is 18.7 Å². The normalized spacial score (nSPS) is 20.1. The van der Waals surface area contributed by atoms with Gasteiger partial charge in [-0.1, -0.05) is 26.2 Å². The molecule has 1 heterocycles. The summed E-state index contributed by atoms with van der Waals surface area (Å²) in [4.78, 5) is 4.16. The molecule has 14 heavy (non-hydrogen) atoms. The highest BCUT2D eigenvalue weighted by molar-refractivity contribution is 4.86. The molecule has 2 heteroatoms. The fourth-order valence-electron chi connectivity index (χ4n) is 2.73. The predicted octanol–water partition coefficient (Wildman–Crippen LogP) is 3.41. The van der Waals surface area contributed by atoms with Crippen molar-refractivity contribution in [2.45, 2.75) is 51.5 Å². The van der Waals surface area contributed by atoms with Crippen molar-refractivity contribution >= 4 is 0 Å². The first-order valence-corrected chi connectivity index (χ1v) is 5.89. The number of aromatic nitrogens is 2. The molecule has 0 saturated heterocycles. The number of imidazole rings is 1. The van der Waals surface area contributed by atoms with Gasteiger partial charge >= 0.3 is 0 Å². The minimum absolute atomic E-state index is 0.713. The molecule has 1 atom stereocenters. The Morgan fingerprint density at radius 3 is 2.79 bits per heavy atom. The Kier molecular flexibility index (Phi) is 3.22.